The number of nitrogens with zero attached hydrogens (tertiary/aromatic N) is 4. The molecule has 1 fully saturated rings. The zero-order valence-corrected chi connectivity index (χ0v) is 12.4. The summed E-state index contributed by atoms with van der Waals surface area (Å²) in [6.07, 6.45) is 5.76. The van der Waals surface area contributed by atoms with Gasteiger partial charge in [-0.3, -0.25) is 4.79 Å². The molecule has 0 saturated heterocycles. The van der Waals surface area contributed by atoms with E-state index in [1.54, 1.807) is 6.20 Å². The summed E-state index contributed by atoms with van der Waals surface area (Å²) in [6, 6.07) is 0.321. The van der Waals surface area contributed by atoms with E-state index in [4.69, 9.17) is 5.73 Å². The van der Waals surface area contributed by atoms with Crippen LogP contribution in [0.4, 0.5) is 5.13 Å². The van der Waals surface area contributed by atoms with Gasteiger partial charge in [-0.1, -0.05) is 11.3 Å². The number of aryl methyl sites for hydroxylation is 2. The number of rotatable bonds is 4. The Kier molecular flexibility index (Phi) is 3.21. The number of hydrogen-bond acceptors (Lipinski definition) is 5. The van der Waals surface area contributed by atoms with Crippen molar-refractivity contribution in [3.8, 4) is 0 Å². The molecule has 0 aliphatic heterocycles. The predicted molar refractivity (Wildman–Crippen MR) is 77.4 cm³/mol. The lowest BCUT2D eigenvalue weighted by atomic mass is 10.3. The molecule has 6 nitrogen and oxygen atoms in total. The van der Waals surface area contributed by atoms with Crippen LogP contribution in [0.25, 0.3) is 0 Å². The van der Waals surface area contributed by atoms with Crippen molar-refractivity contribution in [1.82, 2.24) is 19.4 Å². The van der Waals surface area contributed by atoms with Crippen LogP contribution in [0.1, 0.15) is 34.0 Å². The van der Waals surface area contributed by atoms with Crippen LogP contribution >= 0.6 is 11.3 Å². The molecule has 2 aromatic heterocycles. The van der Waals surface area contributed by atoms with Crippen LogP contribution in [0.15, 0.2) is 12.4 Å². The first kappa shape index (κ1) is 13.1. The van der Waals surface area contributed by atoms with Crippen molar-refractivity contribution in [1.29, 1.82) is 0 Å². The van der Waals surface area contributed by atoms with Gasteiger partial charge < -0.3 is 15.2 Å². The van der Waals surface area contributed by atoms with E-state index in [9.17, 15) is 4.79 Å². The highest BCUT2D eigenvalue weighted by molar-refractivity contribution is 7.17. The lowest BCUT2D eigenvalue weighted by Crippen LogP contribution is -2.33. The minimum atomic E-state index is 0.0159. The fourth-order valence-corrected chi connectivity index (χ4v) is 2.99. The van der Waals surface area contributed by atoms with Crippen LogP contribution in [-0.2, 0) is 13.6 Å². The number of nitrogen functional groups attached to an aromatic ring is 1. The third-order valence-electron chi connectivity index (χ3n) is 3.49. The van der Waals surface area contributed by atoms with Crippen LogP contribution in [0.5, 0.6) is 0 Å². The molecule has 0 bridgehead atoms. The summed E-state index contributed by atoms with van der Waals surface area (Å²) in [4.78, 5) is 23.7. The van der Waals surface area contributed by atoms with E-state index in [1.165, 1.54) is 11.3 Å². The average molecular weight is 291 g/mol. The number of carbonyl (C=O) groups is 1. The van der Waals surface area contributed by atoms with E-state index in [-0.39, 0.29) is 5.91 Å². The molecular formula is C13H17N5OS. The zero-order chi connectivity index (χ0) is 14.3. The van der Waals surface area contributed by atoms with Crippen molar-refractivity contribution in [3.63, 3.8) is 0 Å². The largest absolute Gasteiger partial charge is 0.375 e. The molecule has 0 radical (unpaired) electrons. The van der Waals surface area contributed by atoms with Crippen molar-refractivity contribution in [3.05, 3.63) is 28.8 Å². The van der Waals surface area contributed by atoms with E-state index in [2.05, 4.69) is 9.97 Å². The maximum Gasteiger partial charge on any atom is 0.266 e. The summed E-state index contributed by atoms with van der Waals surface area (Å²) in [5.74, 6) is 0.905. The first-order chi connectivity index (χ1) is 9.56. The quantitative estimate of drug-likeness (QED) is 0.927. The number of nitrogens with two attached hydrogens (primary N) is 1. The van der Waals surface area contributed by atoms with Crippen LogP contribution < -0.4 is 5.73 Å². The maximum atomic E-state index is 12.7. The smallest absolute Gasteiger partial charge is 0.266 e. The molecule has 20 heavy (non-hydrogen) atoms. The van der Waals surface area contributed by atoms with Gasteiger partial charge in [-0.25, -0.2) is 9.97 Å². The normalized spacial score (nSPS) is 14.5. The van der Waals surface area contributed by atoms with Crippen molar-refractivity contribution in [2.75, 3.05) is 5.73 Å². The van der Waals surface area contributed by atoms with Gasteiger partial charge in [0.1, 0.15) is 10.7 Å². The molecule has 2 heterocycles. The second-order valence-corrected chi connectivity index (χ2v) is 6.12. The molecule has 0 spiro atoms. The highest BCUT2D eigenvalue weighted by Crippen LogP contribution is 2.31. The molecule has 7 heteroatoms. The average Bonchev–Trinajstić information content (AvgIpc) is 3.08. The summed E-state index contributed by atoms with van der Waals surface area (Å²) in [6.45, 7) is 2.36. The molecule has 3 rings (SSSR count). The Bertz CT molecular complexity index is 643. The Hall–Kier alpha value is -1.89. The van der Waals surface area contributed by atoms with Crippen molar-refractivity contribution < 1.29 is 4.79 Å². The van der Waals surface area contributed by atoms with E-state index >= 15 is 0 Å². The monoisotopic (exact) mass is 291 g/mol. The summed E-state index contributed by atoms with van der Waals surface area (Å²) < 4.78 is 1.94. The number of hydrogen-bond donors (Lipinski definition) is 1. The lowest BCUT2D eigenvalue weighted by molar-refractivity contribution is 0.0728. The first-order valence-corrected chi connectivity index (χ1v) is 7.38. The number of anilines is 1. The van der Waals surface area contributed by atoms with Gasteiger partial charge in [0, 0.05) is 25.5 Å². The molecule has 1 aliphatic rings. The summed E-state index contributed by atoms with van der Waals surface area (Å²) >= 11 is 1.26. The summed E-state index contributed by atoms with van der Waals surface area (Å²) in [5.41, 5.74) is 6.40. The molecule has 1 amide bonds. The zero-order valence-electron chi connectivity index (χ0n) is 11.5. The van der Waals surface area contributed by atoms with Crippen LogP contribution in [0, 0.1) is 6.92 Å². The third kappa shape index (κ3) is 2.40. The summed E-state index contributed by atoms with van der Waals surface area (Å²) in [7, 11) is 1.94. The van der Waals surface area contributed by atoms with Gasteiger partial charge in [0.15, 0.2) is 5.13 Å². The maximum absolute atomic E-state index is 12.7. The van der Waals surface area contributed by atoms with Gasteiger partial charge in [-0.15, -0.1) is 0 Å². The van der Waals surface area contributed by atoms with E-state index in [0.717, 1.165) is 18.7 Å². The van der Waals surface area contributed by atoms with Crippen molar-refractivity contribution in [2.24, 2.45) is 7.05 Å². The van der Waals surface area contributed by atoms with Gasteiger partial charge >= 0.3 is 0 Å². The highest BCUT2D eigenvalue weighted by Gasteiger charge is 2.35. The number of aromatic nitrogens is 3. The SMILES string of the molecule is Cc1nc(N)sc1C(=O)N(Cc1nccn1C)C1CC1. The van der Waals surface area contributed by atoms with E-state index < -0.39 is 0 Å². The molecule has 2 N–H and O–H groups in total. The molecule has 0 aromatic carbocycles. The number of amides is 1. The van der Waals surface area contributed by atoms with E-state index in [0.29, 0.717) is 28.3 Å². The minimum absolute atomic E-state index is 0.0159. The standard InChI is InChI=1S/C13H17N5OS/c1-8-11(20-13(14)16-8)12(19)18(9-3-4-9)7-10-15-5-6-17(10)2/h5-6,9H,3-4,7H2,1-2H3,(H2,14,16). The van der Waals surface area contributed by atoms with Gasteiger partial charge in [0.25, 0.3) is 5.91 Å². The first-order valence-electron chi connectivity index (χ1n) is 6.56. The van der Waals surface area contributed by atoms with E-state index in [1.807, 2.05) is 29.6 Å². The van der Waals surface area contributed by atoms with Crippen LogP contribution in [0.3, 0.4) is 0 Å². The molecule has 1 saturated carbocycles. The Morgan fingerprint density at radius 2 is 2.35 bits per heavy atom. The Morgan fingerprint density at radius 1 is 1.60 bits per heavy atom. The topological polar surface area (TPSA) is 77.0 Å². The molecule has 2 aromatic rings. The molecule has 0 unspecified atom stereocenters. The Morgan fingerprint density at radius 3 is 2.85 bits per heavy atom. The van der Waals surface area contributed by atoms with Crippen molar-refractivity contribution in [2.45, 2.75) is 32.4 Å². The second kappa shape index (κ2) is 4.90. The molecular weight excluding hydrogens is 274 g/mol. The van der Waals surface area contributed by atoms with Crippen molar-refractivity contribution >= 4 is 22.4 Å². The second-order valence-electron chi connectivity index (χ2n) is 5.09. The minimum Gasteiger partial charge on any atom is -0.375 e. The van der Waals surface area contributed by atoms with Gasteiger partial charge in [0.05, 0.1) is 12.2 Å². The number of thiazole rings is 1. The molecule has 0 atom stereocenters. The Labute approximate surface area is 121 Å². The fraction of sp³-hybridized carbons (Fsp3) is 0.462. The molecule has 106 valence electrons. The number of imidazole rings is 1. The fourth-order valence-electron chi connectivity index (χ4n) is 2.20. The predicted octanol–water partition coefficient (Wildman–Crippen LogP) is 1.57. The van der Waals surface area contributed by atoms with Crippen LogP contribution in [-0.4, -0.2) is 31.4 Å². The molecule has 1 aliphatic carbocycles. The number of carbonyl (C=O) groups excluding carboxylic acids is 1. The Balaban J connectivity index is 1.85. The third-order valence-corrected chi connectivity index (χ3v) is 4.46. The van der Waals surface area contributed by atoms with Gasteiger partial charge in [0.2, 0.25) is 0 Å². The lowest BCUT2D eigenvalue weighted by Gasteiger charge is -2.21. The summed E-state index contributed by atoms with van der Waals surface area (Å²) in [5, 5.41) is 0.443. The van der Waals surface area contributed by atoms with Gasteiger partial charge in [-0.05, 0) is 19.8 Å². The van der Waals surface area contributed by atoms with Crippen LogP contribution in [0.2, 0.25) is 0 Å². The highest BCUT2D eigenvalue weighted by atomic mass is 32.1. The van der Waals surface area contributed by atoms with Gasteiger partial charge in [-0.2, -0.15) is 0 Å².